The number of fused-ring (bicyclic) bond motifs is 1. The third-order valence-corrected chi connectivity index (χ3v) is 1.96. The number of nitrogens with zero attached hydrogens (tertiary/aromatic N) is 3. The number of ether oxygens (including phenoxy) is 1. The highest BCUT2D eigenvalue weighted by Gasteiger charge is 2.10. The number of pyridine rings is 1. The molecule has 0 aliphatic carbocycles. The van der Waals surface area contributed by atoms with Crippen LogP contribution in [0.1, 0.15) is 0 Å². The molecule has 0 saturated heterocycles. The van der Waals surface area contributed by atoms with Crippen molar-refractivity contribution >= 4 is 11.0 Å². The van der Waals surface area contributed by atoms with Gasteiger partial charge in [-0.15, -0.1) is 0 Å². The number of hydrogen-bond acceptors (Lipinski definition) is 3. The molecule has 0 atom stereocenters. The summed E-state index contributed by atoms with van der Waals surface area (Å²) in [7, 11) is 3.30. The first-order valence-corrected chi connectivity index (χ1v) is 3.81. The van der Waals surface area contributed by atoms with Crippen molar-refractivity contribution in [2.45, 2.75) is 0 Å². The first-order chi connectivity index (χ1) is 6.22. The van der Waals surface area contributed by atoms with Crippen LogP contribution in [-0.2, 0) is 7.05 Å². The maximum Gasteiger partial charge on any atom is 0.262 e. The number of hydrogen-bond donors (Lipinski definition) is 0. The van der Waals surface area contributed by atoms with Gasteiger partial charge in [-0.3, -0.25) is 4.68 Å². The van der Waals surface area contributed by atoms with Gasteiger partial charge in [0, 0.05) is 13.1 Å². The van der Waals surface area contributed by atoms with Crippen molar-refractivity contribution in [1.82, 2.24) is 9.78 Å². The number of methoxy groups -OCH3 is 1. The Morgan fingerprint density at radius 3 is 3.08 bits per heavy atom. The zero-order valence-corrected chi connectivity index (χ0v) is 7.39. The van der Waals surface area contributed by atoms with Crippen LogP contribution in [0.5, 0.6) is 5.75 Å². The molecule has 2 heterocycles. The lowest BCUT2D eigenvalue weighted by molar-refractivity contribution is -0.577. The highest BCUT2D eigenvalue weighted by Crippen LogP contribution is 2.14. The Kier molecular flexibility index (Phi) is 1.58. The molecule has 5 nitrogen and oxygen atoms in total. The fourth-order valence-corrected chi connectivity index (χ4v) is 1.24. The minimum absolute atomic E-state index is 0.533. The first kappa shape index (κ1) is 7.85. The van der Waals surface area contributed by atoms with Crippen LogP contribution in [0.25, 0.3) is 11.0 Å². The van der Waals surface area contributed by atoms with Gasteiger partial charge in [-0.25, -0.2) is 0 Å². The average Bonchev–Trinajstić information content (AvgIpc) is 2.48. The molecule has 0 saturated carbocycles. The molecule has 0 N–H and O–H groups in total. The maximum atomic E-state index is 11.4. The van der Waals surface area contributed by atoms with Gasteiger partial charge >= 0.3 is 0 Å². The van der Waals surface area contributed by atoms with Gasteiger partial charge in [0.25, 0.3) is 5.52 Å². The molecule has 0 aliphatic rings. The van der Waals surface area contributed by atoms with E-state index < -0.39 is 0 Å². The predicted octanol–water partition coefficient (Wildman–Crippen LogP) is 0.215. The molecule has 0 amide bonds. The van der Waals surface area contributed by atoms with Gasteiger partial charge in [-0.05, 0) is 0 Å². The van der Waals surface area contributed by atoms with E-state index in [4.69, 9.17) is 4.74 Å². The Morgan fingerprint density at radius 1 is 1.62 bits per heavy atom. The van der Waals surface area contributed by atoms with Crippen LogP contribution in [-0.4, -0.2) is 16.9 Å². The molecule has 0 fully saturated rings. The molecule has 0 aromatic carbocycles. The Morgan fingerprint density at radius 2 is 2.38 bits per heavy atom. The highest BCUT2D eigenvalue weighted by molar-refractivity contribution is 5.71. The van der Waals surface area contributed by atoms with Crippen molar-refractivity contribution in [3.05, 3.63) is 23.7 Å². The molecule has 2 rings (SSSR count). The summed E-state index contributed by atoms with van der Waals surface area (Å²) in [5.41, 5.74) is 1.30. The lowest BCUT2D eigenvalue weighted by atomic mass is 10.4. The molecule has 0 bridgehead atoms. The summed E-state index contributed by atoms with van der Waals surface area (Å²) in [6.45, 7) is 0. The van der Waals surface area contributed by atoms with Gasteiger partial charge in [-0.1, -0.05) is 0 Å². The minimum Gasteiger partial charge on any atom is -0.618 e. The molecule has 0 spiro atoms. The number of aromatic nitrogens is 3. The molecular formula is C8H9N3O2. The van der Waals surface area contributed by atoms with Crippen LogP contribution in [0.4, 0.5) is 0 Å². The Balaban J connectivity index is 2.80. The van der Waals surface area contributed by atoms with Crippen molar-refractivity contribution in [2.75, 3.05) is 7.11 Å². The van der Waals surface area contributed by atoms with E-state index in [1.54, 1.807) is 17.8 Å². The summed E-state index contributed by atoms with van der Waals surface area (Å²) in [4.78, 5) is 0. The van der Waals surface area contributed by atoms with E-state index in [1.807, 2.05) is 0 Å². The molecule has 13 heavy (non-hydrogen) atoms. The van der Waals surface area contributed by atoms with Crippen LogP contribution in [0, 0.1) is 5.21 Å². The summed E-state index contributed by atoms with van der Waals surface area (Å²) in [6.07, 6.45) is 2.91. The second kappa shape index (κ2) is 2.62. The van der Waals surface area contributed by atoms with E-state index >= 15 is 0 Å². The predicted molar refractivity (Wildman–Crippen MR) is 46.2 cm³/mol. The van der Waals surface area contributed by atoms with Crippen molar-refractivity contribution in [1.29, 1.82) is 0 Å². The van der Waals surface area contributed by atoms with Gasteiger partial charge in [0.2, 0.25) is 6.20 Å². The number of aryl methyl sites for hydroxylation is 1. The van der Waals surface area contributed by atoms with Gasteiger partial charge in [0.1, 0.15) is 11.7 Å². The van der Waals surface area contributed by atoms with E-state index in [2.05, 4.69) is 5.10 Å². The molecule has 68 valence electrons. The molecule has 5 heteroatoms. The van der Waals surface area contributed by atoms with Crippen LogP contribution in [0.2, 0.25) is 0 Å². The van der Waals surface area contributed by atoms with Crippen LogP contribution in [0.15, 0.2) is 18.5 Å². The first-order valence-electron chi connectivity index (χ1n) is 3.81. The SMILES string of the molecule is COc1cc2c(cnn2C)[n+]([O-])c1. The lowest BCUT2D eigenvalue weighted by Gasteiger charge is -2.01. The van der Waals surface area contributed by atoms with E-state index in [0.29, 0.717) is 11.3 Å². The zero-order chi connectivity index (χ0) is 9.42. The van der Waals surface area contributed by atoms with Gasteiger partial charge in [0.05, 0.1) is 7.11 Å². The lowest BCUT2D eigenvalue weighted by Crippen LogP contribution is -2.25. The van der Waals surface area contributed by atoms with Crippen LogP contribution < -0.4 is 9.47 Å². The Labute approximate surface area is 74.7 Å². The molecule has 0 unspecified atom stereocenters. The average molecular weight is 179 g/mol. The van der Waals surface area contributed by atoms with Crippen LogP contribution >= 0.6 is 0 Å². The molecule has 0 radical (unpaired) electrons. The summed E-state index contributed by atoms with van der Waals surface area (Å²) in [5, 5.41) is 15.3. The third-order valence-electron chi connectivity index (χ3n) is 1.96. The van der Waals surface area contributed by atoms with Crippen molar-refractivity contribution < 1.29 is 9.47 Å². The van der Waals surface area contributed by atoms with E-state index in [0.717, 1.165) is 10.2 Å². The summed E-state index contributed by atoms with van der Waals surface area (Å²) < 4.78 is 7.35. The largest absolute Gasteiger partial charge is 0.618 e. The Hall–Kier alpha value is -1.78. The van der Waals surface area contributed by atoms with Crippen molar-refractivity contribution in [3.8, 4) is 5.75 Å². The van der Waals surface area contributed by atoms with Gasteiger partial charge < -0.3 is 9.94 Å². The fraction of sp³-hybridized carbons (Fsp3) is 0.250. The van der Waals surface area contributed by atoms with E-state index in [9.17, 15) is 5.21 Å². The van der Waals surface area contributed by atoms with Crippen molar-refractivity contribution in [3.63, 3.8) is 0 Å². The minimum atomic E-state index is 0.533. The van der Waals surface area contributed by atoms with E-state index in [1.165, 1.54) is 19.5 Å². The standard InChI is InChI=1S/C8H9N3O2/c1-10-7-3-6(13-2)5-11(12)8(7)4-9-10/h3-5H,1-2H3. The smallest absolute Gasteiger partial charge is 0.262 e. The second-order valence-corrected chi connectivity index (χ2v) is 2.74. The monoisotopic (exact) mass is 179 g/mol. The molecular weight excluding hydrogens is 170 g/mol. The third kappa shape index (κ3) is 1.09. The molecule has 2 aromatic heterocycles. The number of rotatable bonds is 1. The van der Waals surface area contributed by atoms with E-state index in [-0.39, 0.29) is 0 Å². The Bertz CT molecular complexity index is 450. The normalized spacial score (nSPS) is 10.6. The second-order valence-electron chi connectivity index (χ2n) is 2.74. The highest BCUT2D eigenvalue weighted by atomic mass is 16.5. The van der Waals surface area contributed by atoms with Crippen LogP contribution in [0.3, 0.4) is 0 Å². The maximum absolute atomic E-state index is 11.4. The van der Waals surface area contributed by atoms with Gasteiger partial charge in [0.15, 0.2) is 5.75 Å². The molecule has 2 aromatic rings. The summed E-state index contributed by atoms with van der Waals surface area (Å²) in [6, 6.07) is 1.77. The quantitative estimate of drug-likeness (QED) is 0.464. The zero-order valence-electron chi connectivity index (χ0n) is 7.39. The fourth-order valence-electron chi connectivity index (χ4n) is 1.24. The topological polar surface area (TPSA) is 54.0 Å². The molecule has 0 aliphatic heterocycles. The van der Waals surface area contributed by atoms with Crippen molar-refractivity contribution in [2.24, 2.45) is 7.05 Å². The summed E-state index contributed by atoms with van der Waals surface area (Å²) in [5.74, 6) is 0.533. The summed E-state index contributed by atoms with van der Waals surface area (Å²) >= 11 is 0. The van der Waals surface area contributed by atoms with Gasteiger partial charge in [-0.2, -0.15) is 9.83 Å².